The lowest BCUT2D eigenvalue weighted by atomic mass is 9.96. The number of aliphatic hydroxyl groups excluding tert-OH is 1. The number of ether oxygens (including phenoxy) is 2. The molecule has 0 unspecified atom stereocenters. The van der Waals surface area contributed by atoms with Crippen LogP contribution in [0.15, 0.2) is 42.4 Å². The van der Waals surface area contributed by atoms with Crippen molar-refractivity contribution in [1.29, 1.82) is 5.41 Å². The number of nitrogens with zero attached hydrogens (tertiary/aromatic N) is 2. The molecule has 0 saturated heterocycles. The van der Waals surface area contributed by atoms with Gasteiger partial charge in [0.05, 0.1) is 25.1 Å². The van der Waals surface area contributed by atoms with Crippen LogP contribution in [0.25, 0.3) is 5.57 Å². The van der Waals surface area contributed by atoms with Gasteiger partial charge >= 0.3 is 0 Å². The van der Waals surface area contributed by atoms with E-state index in [9.17, 15) is 9.90 Å². The number of hydrogen-bond donors (Lipinski definition) is 2. The number of aromatic nitrogens is 1. The lowest BCUT2D eigenvalue weighted by Gasteiger charge is -2.39. The van der Waals surface area contributed by atoms with E-state index in [2.05, 4.69) is 4.98 Å². The van der Waals surface area contributed by atoms with E-state index in [0.717, 1.165) is 5.56 Å². The highest BCUT2D eigenvalue weighted by molar-refractivity contribution is 6.22. The molecule has 0 aliphatic carbocycles. The van der Waals surface area contributed by atoms with Crippen molar-refractivity contribution in [3.05, 3.63) is 53.5 Å². The maximum Gasteiger partial charge on any atom is 0.271 e. The van der Waals surface area contributed by atoms with Gasteiger partial charge in [0.2, 0.25) is 0 Å². The molecule has 0 fully saturated rings. The summed E-state index contributed by atoms with van der Waals surface area (Å²) in [5.41, 5.74) is 1.47. The van der Waals surface area contributed by atoms with E-state index in [0.29, 0.717) is 34.9 Å². The molecule has 0 bridgehead atoms. The number of aliphatic hydroxyl groups is 1. The zero-order valence-electron chi connectivity index (χ0n) is 17.2. The lowest BCUT2D eigenvalue weighted by Crippen LogP contribution is -2.52. The van der Waals surface area contributed by atoms with Crippen LogP contribution in [-0.2, 0) is 11.3 Å². The summed E-state index contributed by atoms with van der Waals surface area (Å²) in [5.74, 6) is 0.746. The number of amides is 1. The second-order valence-corrected chi connectivity index (χ2v) is 7.47. The Bertz CT molecular complexity index is 993. The van der Waals surface area contributed by atoms with E-state index in [1.807, 2.05) is 12.1 Å². The van der Waals surface area contributed by atoms with Crippen molar-refractivity contribution in [2.75, 3.05) is 12.0 Å². The third kappa shape index (κ3) is 3.81. The first-order chi connectivity index (χ1) is 13.7. The summed E-state index contributed by atoms with van der Waals surface area (Å²) in [6, 6.07) is 7.15. The first-order valence-corrected chi connectivity index (χ1v) is 9.23. The molecule has 1 aromatic carbocycles. The summed E-state index contributed by atoms with van der Waals surface area (Å²) >= 11 is 0. The predicted octanol–water partition coefficient (Wildman–Crippen LogP) is 4.12. The SMILES string of the molecule is COc1cc2c(cc1/C(C(C)=N)=C(\C)O)OC(C)(C)C(=O)N2Cc1cccnc1. The van der Waals surface area contributed by atoms with Crippen LogP contribution in [0.3, 0.4) is 0 Å². The summed E-state index contributed by atoms with van der Waals surface area (Å²) in [6.07, 6.45) is 3.40. The molecule has 152 valence electrons. The molecule has 1 amide bonds. The van der Waals surface area contributed by atoms with E-state index in [-0.39, 0.29) is 17.4 Å². The Morgan fingerprint density at radius 1 is 1.34 bits per heavy atom. The Morgan fingerprint density at radius 3 is 2.62 bits per heavy atom. The predicted molar refractivity (Wildman–Crippen MR) is 112 cm³/mol. The molecular formula is C22H25N3O4. The Kier molecular flexibility index (Phi) is 5.33. The van der Waals surface area contributed by atoms with E-state index < -0.39 is 5.60 Å². The summed E-state index contributed by atoms with van der Waals surface area (Å²) in [6.45, 7) is 6.88. The van der Waals surface area contributed by atoms with Gasteiger partial charge in [-0.3, -0.25) is 9.78 Å². The minimum Gasteiger partial charge on any atom is -0.512 e. The minimum absolute atomic E-state index is 0.00844. The Labute approximate surface area is 170 Å². The van der Waals surface area contributed by atoms with Crippen LogP contribution in [-0.4, -0.2) is 34.4 Å². The summed E-state index contributed by atoms with van der Waals surface area (Å²) in [4.78, 5) is 18.9. The third-order valence-corrected chi connectivity index (χ3v) is 4.77. The molecule has 7 nitrogen and oxygen atoms in total. The van der Waals surface area contributed by atoms with Gasteiger partial charge in [0.15, 0.2) is 5.60 Å². The number of hydrogen-bond acceptors (Lipinski definition) is 6. The first kappa shape index (κ1) is 20.4. The van der Waals surface area contributed by atoms with Gasteiger partial charge in [-0.2, -0.15) is 0 Å². The van der Waals surface area contributed by atoms with Crippen LogP contribution >= 0.6 is 0 Å². The number of pyridine rings is 1. The molecule has 1 aromatic heterocycles. The molecule has 0 saturated carbocycles. The van der Waals surface area contributed by atoms with Gasteiger partial charge in [-0.15, -0.1) is 0 Å². The van der Waals surface area contributed by atoms with Gasteiger partial charge in [-0.05, 0) is 45.4 Å². The summed E-state index contributed by atoms with van der Waals surface area (Å²) in [7, 11) is 1.51. The van der Waals surface area contributed by atoms with Crippen LogP contribution in [0.5, 0.6) is 11.5 Å². The average molecular weight is 395 g/mol. The van der Waals surface area contributed by atoms with Gasteiger partial charge in [0, 0.05) is 35.3 Å². The normalized spacial score (nSPS) is 15.9. The molecule has 2 N–H and O–H groups in total. The maximum absolute atomic E-state index is 13.1. The van der Waals surface area contributed by atoms with Crippen LogP contribution in [0, 0.1) is 5.41 Å². The molecule has 7 heteroatoms. The highest BCUT2D eigenvalue weighted by atomic mass is 16.5. The molecular weight excluding hydrogens is 370 g/mol. The van der Waals surface area contributed by atoms with E-state index in [4.69, 9.17) is 14.9 Å². The van der Waals surface area contributed by atoms with Crippen LogP contribution in [0.4, 0.5) is 5.69 Å². The fraction of sp³-hybridized carbons (Fsp3) is 0.318. The molecule has 29 heavy (non-hydrogen) atoms. The summed E-state index contributed by atoms with van der Waals surface area (Å²) < 4.78 is 11.5. The largest absolute Gasteiger partial charge is 0.512 e. The minimum atomic E-state index is -1.07. The second-order valence-electron chi connectivity index (χ2n) is 7.47. The van der Waals surface area contributed by atoms with Crippen molar-refractivity contribution in [2.24, 2.45) is 0 Å². The molecule has 2 aromatic rings. The van der Waals surface area contributed by atoms with Crippen molar-refractivity contribution < 1.29 is 19.4 Å². The fourth-order valence-electron chi connectivity index (χ4n) is 3.46. The lowest BCUT2D eigenvalue weighted by molar-refractivity contribution is -0.132. The number of methoxy groups -OCH3 is 1. The number of nitrogens with one attached hydrogen (secondary N) is 1. The molecule has 0 radical (unpaired) electrons. The van der Waals surface area contributed by atoms with Crippen molar-refractivity contribution >= 4 is 22.9 Å². The first-order valence-electron chi connectivity index (χ1n) is 9.23. The number of fused-ring (bicyclic) bond motifs is 1. The van der Waals surface area contributed by atoms with Crippen LogP contribution in [0.2, 0.25) is 0 Å². The highest BCUT2D eigenvalue weighted by Crippen LogP contribution is 2.44. The Balaban J connectivity index is 2.19. The number of benzene rings is 1. The number of rotatable bonds is 5. The molecule has 0 spiro atoms. The molecule has 1 aliphatic rings. The second kappa shape index (κ2) is 7.58. The quantitative estimate of drug-likeness (QED) is 0.586. The molecule has 0 atom stereocenters. The topological polar surface area (TPSA) is 95.7 Å². The molecule has 3 rings (SSSR count). The van der Waals surface area contributed by atoms with Gasteiger partial charge in [-0.1, -0.05) is 6.07 Å². The van der Waals surface area contributed by atoms with E-state index in [1.54, 1.807) is 50.2 Å². The van der Waals surface area contributed by atoms with Crippen molar-refractivity contribution in [3.63, 3.8) is 0 Å². The molecule has 2 heterocycles. The summed E-state index contributed by atoms with van der Waals surface area (Å²) in [5, 5.41) is 18.2. The zero-order chi connectivity index (χ0) is 21.3. The van der Waals surface area contributed by atoms with Gasteiger partial charge in [0.25, 0.3) is 5.91 Å². The number of anilines is 1. The monoisotopic (exact) mass is 395 g/mol. The van der Waals surface area contributed by atoms with Gasteiger partial charge in [-0.25, -0.2) is 0 Å². The van der Waals surface area contributed by atoms with Gasteiger partial charge < -0.3 is 24.9 Å². The van der Waals surface area contributed by atoms with Gasteiger partial charge in [0.1, 0.15) is 11.5 Å². The Hall–Kier alpha value is -3.35. The average Bonchev–Trinajstić information content (AvgIpc) is 2.65. The fourth-order valence-corrected chi connectivity index (χ4v) is 3.46. The van der Waals surface area contributed by atoms with Crippen LogP contribution < -0.4 is 14.4 Å². The van der Waals surface area contributed by atoms with Crippen molar-refractivity contribution in [3.8, 4) is 11.5 Å². The third-order valence-electron chi connectivity index (χ3n) is 4.77. The number of allylic oxidation sites excluding steroid dienone is 2. The maximum atomic E-state index is 13.1. The van der Waals surface area contributed by atoms with Crippen molar-refractivity contribution in [2.45, 2.75) is 39.8 Å². The number of carbonyl (C=O) groups is 1. The van der Waals surface area contributed by atoms with E-state index in [1.165, 1.54) is 14.0 Å². The van der Waals surface area contributed by atoms with Crippen molar-refractivity contribution in [1.82, 2.24) is 4.98 Å². The Morgan fingerprint density at radius 2 is 2.07 bits per heavy atom. The zero-order valence-corrected chi connectivity index (χ0v) is 17.2. The number of carbonyl (C=O) groups excluding carboxylic acids is 1. The highest BCUT2D eigenvalue weighted by Gasteiger charge is 2.41. The molecule has 1 aliphatic heterocycles. The van der Waals surface area contributed by atoms with Crippen LogP contribution in [0.1, 0.15) is 38.8 Å². The smallest absolute Gasteiger partial charge is 0.271 e. The van der Waals surface area contributed by atoms with E-state index >= 15 is 0 Å². The standard InChI is InChI=1S/C22H25N3O4/c1-13(23)20(14(2)26)16-9-19-17(10-18(16)28-5)25(21(27)22(3,4)29-19)12-15-7-6-8-24-11-15/h6-11,23,26H,12H2,1-5H3/b20-14+,23-13?.